The molecule has 0 N–H and O–H groups in total. The third kappa shape index (κ3) is 3.46. The molecular weight excluding hydrogens is 314 g/mol. The number of hydrogen-bond donors (Lipinski definition) is 0. The number of carbonyl (C=O) groups excluding carboxylic acids is 1. The van der Waals surface area contributed by atoms with Crippen LogP contribution in [0.3, 0.4) is 0 Å². The van der Waals surface area contributed by atoms with Crippen molar-refractivity contribution in [1.29, 1.82) is 0 Å². The molecule has 2 atom stereocenters. The van der Waals surface area contributed by atoms with Crippen LogP contribution in [0.15, 0.2) is 30.3 Å². The average molecular weight is 343 g/mol. The van der Waals surface area contributed by atoms with Gasteiger partial charge in [-0.3, -0.25) is 14.6 Å². The van der Waals surface area contributed by atoms with Crippen LogP contribution in [0.1, 0.15) is 26.2 Å². The van der Waals surface area contributed by atoms with Gasteiger partial charge < -0.3 is 9.64 Å². The van der Waals surface area contributed by atoms with Gasteiger partial charge >= 0.3 is 0 Å². The molecule has 3 fully saturated rings. The number of amides is 1. The van der Waals surface area contributed by atoms with Gasteiger partial charge in [-0.1, -0.05) is 18.2 Å². The van der Waals surface area contributed by atoms with E-state index >= 15 is 0 Å². The Morgan fingerprint density at radius 2 is 1.76 bits per heavy atom. The van der Waals surface area contributed by atoms with Gasteiger partial charge in [0.2, 0.25) is 5.91 Å². The molecule has 5 heteroatoms. The Morgan fingerprint density at radius 1 is 1.00 bits per heavy atom. The van der Waals surface area contributed by atoms with Crippen molar-refractivity contribution < 1.29 is 9.53 Å². The number of benzene rings is 1. The summed E-state index contributed by atoms with van der Waals surface area (Å²) < 4.78 is 5.57. The molecule has 3 aliphatic rings. The Morgan fingerprint density at radius 3 is 2.48 bits per heavy atom. The standard InChI is InChI=1S/C20H29N3O2/c1-16-15-25-14-13-22(16)18-7-10-21(11-8-18)19-9-12-23(20(19)24)17-5-3-2-4-6-17/h2-6,16,18-19H,7-15H2,1H3/t16-,19-/m1/s1. The fourth-order valence-electron chi connectivity index (χ4n) is 4.68. The van der Waals surface area contributed by atoms with Crippen molar-refractivity contribution in [2.24, 2.45) is 0 Å². The number of hydrogen-bond acceptors (Lipinski definition) is 4. The van der Waals surface area contributed by atoms with Crippen LogP contribution in [0.5, 0.6) is 0 Å². The average Bonchev–Trinajstić information content (AvgIpc) is 3.04. The van der Waals surface area contributed by atoms with Gasteiger partial charge in [0.15, 0.2) is 0 Å². The highest BCUT2D eigenvalue weighted by Gasteiger charge is 2.39. The molecule has 25 heavy (non-hydrogen) atoms. The minimum absolute atomic E-state index is 0.0725. The molecule has 0 aromatic heterocycles. The van der Waals surface area contributed by atoms with Crippen LogP contribution in [-0.2, 0) is 9.53 Å². The largest absolute Gasteiger partial charge is 0.379 e. The lowest BCUT2D eigenvalue weighted by molar-refractivity contribution is -0.122. The van der Waals surface area contributed by atoms with Gasteiger partial charge in [0.25, 0.3) is 0 Å². The first-order chi connectivity index (χ1) is 12.2. The van der Waals surface area contributed by atoms with E-state index in [1.54, 1.807) is 0 Å². The fraction of sp³-hybridized carbons (Fsp3) is 0.650. The maximum atomic E-state index is 12.9. The Bertz CT molecular complexity index is 586. The first-order valence-electron chi connectivity index (χ1n) is 9.68. The first-order valence-corrected chi connectivity index (χ1v) is 9.68. The molecule has 0 saturated carbocycles. The molecule has 1 aromatic rings. The van der Waals surface area contributed by atoms with Gasteiger partial charge in [0, 0.05) is 44.0 Å². The molecule has 3 saturated heterocycles. The zero-order chi connectivity index (χ0) is 17.2. The van der Waals surface area contributed by atoms with Crippen LogP contribution in [0, 0.1) is 0 Å². The molecule has 1 aromatic carbocycles. The van der Waals surface area contributed by atoms with Crippen LogP contribution in [0.4, 0.5) is 5.69 Å². The molecule has 0 spiro atoms. The van der Waals surface area contributed by atoms with Crippen molar-refractivity contribution >= 4 is 11.6 Å². The smallest absolute Gasteiger partial charge is 0.244 e. The Labute approximate surface area is 150 Å². The topological polar surface area (TPSA) is 36.0 Å². The Kier molecular flexibility index (Phi) is 5.06. The number of para-hydroxylation sites is 1. The van der Waals surface area contributed by atoms with Crippen molar-refractivity contribution in [1.82, 2.24) is 9.80 Å². The Balaban J connectivity index is 1.34. The maximum Gasteiger partial charge on any atom is 0.244 e. The number of likely N-dealkylation sites (tertiary alicyclic amines) is 1. The van der Waals surface area contributed by atoms with E-state index in [4.69, 9.17) is 4.74 Å². The highest BCUT2D eigenvalue weighted by atomic mass is 16.5. The molecule has 3 aliphatic heterocycles. The summed E-state index contributed by atoms with van der Waals surface area (Å²) in [5.74, 6) is 0.282. The third-order valence-corrected chi connectivity index (χ3v) is 6.07. The number of nitrogens with zero attached hydrogens (tertiary/aromatic N) is 3. The maximum absolute atomic E-state index is 12.9. The van der Waals surface area contributed by atoms with E-state index in [1.165, 1.54) is 12.8 Å². The summed E-state index contributed by atoms with van der Waals surface area (Å²) in [5, 5.41) is 0. The molecule has 4 rings (SSSR count). The molecule has 3 heterocycles. The molecule has 136 valence electrons. The number of carbonyl (C=O) groups is 1. The lowest BCUT2D eigenvalue weighted by atomic mass is 9.99. The summed E-state index contributed by atoms with van der Waals surface area (Å²) in [4.78, 5) is 19.9. The Hall–Kier alpha value is -1.43. The molecule has 0 radical (unpaired) electrons. The summed E-state index contributed by atoms with van der Waals surface area (Å²) in [6.07, 6.45) is 3.28. The van der Waals surface area contributed by atoms with Crippen molar-refractivity contribution in [2.45, 2.75) is 44.3 Å². The van der Waals surface area contributed by atoms with Crippen molar-refractivity contribution in [3.63, 3.8) is 0 Å². The molecule has 0 unspecified atom stereocenters. The summed E-state index contributed by atoms with van der Waals surface area (Å²) in [6, 6.07) is 11.3. The number of piperidine rings is 1. The van der Waals surface area contributed by atoms with E-state index in [0.717, 1.165) is 51.5 Å². The summed E-state index contributed by atoms with van der Waals surface area (Å²) in [6.45, 7) is 7.94. The third-order valence-electron chi connectivity index (χ3n) is 6.07. The molecule has 1 amide bonds. The summed E-state index contributed by atoms with van der Waals surface area (Å²) >= 11 is 0. The normalized spacial score (nSPS) is 30.1. The zero-order valence-corrected chi connectivity index (χ0v) is 15.1. The number of ether oxygens (including phenoxy) is 1. The van der Waals surface area contributed by atoms with Crippen LogP contribution in [-0.4, -0.2) is 73.2 Å². The van der Waals surface area contributed by atoms with Gasteiger partial charge in [-0.2, -0.15) is 0 Å². The predicted molar refractivity (Wildman–Crippen MR) is 98.8 cm³/mol. The highest BCUT2D eigenvalue weighted by Crippen LogP contribution is 2.28. The monoisotopic (exact) mass is 343 g/mol. The second kappa shape index (κ2) is 7.44. The van der Waals surface area contributed by atoms with Crippen molar-refractivity contribution in [2.75, 3.05) is 44.3 Å². The zero-order valence-electron chi connectivity index (χ0n) is 15.1. The fourth-order valence-corrected chi connectivity index (χ4v) is 4.68. The molecular formula is C20H29N3O2. The van der Waals surface area contributed by atoms with Crippen LogP contribution in [0.25, 0.3) is 0 Å². The molecule has 0 aliphatic carbocycles. The van der Waals surface area contributed by atoms with E-state index in [0.29, 0.717) is 12.1 Å². The second-order valence-corrected chi connectivity index (χ2v) is 7.56. The van der Waals surface area contributed by atoms with E-state index in [2.05, 4.69) is 16.7 Å². The number of morpholine rings is 1. The van der Waals surface area contributed by atoms with Gasteiger partial charge in [0.1, 0.15) is 0 Å². The van der Waals surface area contributed by atoms with Gasteiger partial charge in [-0.05, 0) is 38.3 Å². The second-order valence-electron chi connectivity index (χ2n) is 7.56. The van der Waals surface area contributed by atoms with E-state index in [9.17, 15) is 4.79 Å². The number of rotatable bonds is 3. The lowest BCUT2D eigenvalue weighted by Crippen LogP contribution is -2.55. The van der Waals surface area contributed by atoms with Gasteiger partial charge in [-0.25, -0.2) is 0 Å². The van der Waals surface area contributed by atoms with E-state index in [1.807, 2.05) is 35.2 Å². The SMILES string of the molecule is C[C@@H]1COCCN1C1CCN([C@@H]2CCN(c3ccccc3)C2=O)CC1. The minimum atomic E-state index is 0.0725. The van der Waals surface area contributed by atoms with Gasteiger partial charge in [-0.15, -0.1) is 0 Å². The van der Waals surface area contributed by atoms with Crippen LogP contribution in [0.2, 0.25) is 0 Å². The number of anilines is 1. The van der Waals surface area contributed by atoms with Crippen molar-refractivity contribution in [3.05, 3.63) is 30.3 Å². The summed E-state index contributed by atoms with van der Waals surface area (Å²) in [7, 11) is 0. The lowest BCUT2D eigenvalue weighted by Gasteiger charge is -2.44. The van der Waals surface area contributed by atoms with E-state index < -0.39 is 0 Å². The van der Waals surface area contributed by atoms with E-state index in [-0.39, 0.29) is 11.9 Å². The first kappa shape index (κ1) is 17.0. The quantitative estimate of drug-likeness (QED) is 0.841. The highest BCUT2D eigenvalue weighted by molar-refractivity contribution is 5.99. The van der Waals surface area contributed by atoms with Crippen LogP contribution < -0.4 is 4.90 Å². The van der Waals surface area contributed by atoms with Crippen LogP contribution >= 0.6 is 0 Å². The predicted octanol–water partition coefficient (Wildman–Crippen LogP) is 1.98. The van der Waals surface area contributed by atoms with Gasteiger partial charge in [0.05, 0.1) is 19.3 Å². The minimum Gasteiger partial charge on any atom is -0.379 e. The molecule has 5 nitrogen and oxygen atoms in total. The molecule has 0 bridgehead atoms. The van der Waals surface area contributed by atoms with Crippen molar-refractivity contribution in [3.8, 4) is 0 Å². The summed E-state index contributed by atoms with van der Waals surface area (Å²) in [5.41, 5.74) is 1.03.